The van der Waals surface area contributed by atoms with Gasteiger partial charge in [0.25, 0.3) is 0 Å². The monoisotopic (exact) mass is 476 g/mol. The van der Waals surface area contributed by atoms with Gasteiger partial charge in [0.2, 0.25) is 0 Å². The Morgan fingerprint density at radius 1 is 1.11 bits per heavy atom. The Bertz CT molecular complexity index is 508. The molecule has 3 fully saturated rings. The summed E-state index contributed by atoms with van der Waals surface area (Å²) in [7, 11) is 0. The van der Waals surface area contributed by atoms with Crippen molar-refractivity contribution in [3.8, 4) is 0 Å². The van der Waals surface area contributed by atoms with Crippen LogP contribution in [-0.4, -0.2) is 24.4 Å². The average Bonchev–Trinajstić information content (AvgIpc) is 2.50. The van der Waals surface area contributed by atoms with Crippen molar-refractivity contribution in [1.29, 1.82) is 0 Å². The van der Waals surface area contributed by atoms with Crippen LogP contribution in [0, 0.1) is 17.3 Å². The number of hydrogen-bond donors (Lipinski definition) is 0. The molecular weight excluding hydrogens is 472 g/mol. The minimum Gasteiger partial charge on any atom is -0.122 e. The molecule has 0 aromatic rings. The molecule has 4 aliphatic rings. The average molecular weight is 479 g/mol. The maximum absolute atomic E-state index is 6.87. The fraction of sp³-hybridized carbons (Fsp3) is 0.818. The van der Waals surface area contributed by atoms with Crippen LogP contribution in [0.5, 0.6) is 0 Å². The van der Waals surface area contributed by atoms with Crippen molar-refractivity contribution in [1.82, 2.24) is 0 Å². The first-order valence-corrected chi connectivity index (χ1v) is 9.26. The number of alkyl halides is 5. The van der Waals surface area contributed by atoms with Crippen LogP contribution < -0.4 is 0 Å². The fourth-order valence-corrected chi connectivity index (χ4v) is 9.86. The summed E-state index contributed by atoms with van der Waals surface area (Å²) in [4.78, 5) is -1.58. The molecule has 8 unspecified atom stereocenters. The van der Waals surface area contributed by atoms with Crippen LogP contribution in [0.25, 0.3) is 0 Å². The molecule has 0 radical (unpaired) electrons. The lowest BCUT2D eigenvalue weighted by Crippen LogP contribution is -2.46. The van der Waals surface area contributed by atoms with E-state index in [2.05, 4.69) is 22.6 Å². The summed E-state index contributed by atoms with van der Waals surface area (Å²) >= 11 is 41.7. The molecule has 3 saturated carbocycles. The third-order valence-corrected chi connectivity index (χ3v) is 11.5. The highest BCUT2D eigenvalue weighted by Crippen LogP contribution is 2.92. The van der Waals surface area contributed by atoms with E-state index in [1.54, 1.807) is 0 Å². The van der Waals surface area contributed by atoms with Crippen LogP contribution in [-0.2, 0) is 0 Å². The van der Waals surface area contributed by atoms with E-state index >= 15 is 0 Å². The van der Waals surface area contributed by atoms with Gasteiger partial charge in [0.15, 0.2) is 0 Å². The lowest BCUT2D eigenvalue weighted by Gasteiger charge is -2.40. The third-order valence-electron chi connectivity index (χ3n) is 5.32. The van der Waals surface area contributed by atoms with Gasteiger partial charge in [-0.05, 0) is 12.3 Å². The lowest BCUT2D eigenvalue weighted by molar-refractivity contribution is 0.308. The molecule has 0 amide bonds. The van der Waals surface area contributed by atoms with E-state index in [1.807, 2.05) is 0 Å². The second-order valence-corrected chi connectivity index (χ2v) is 10.00. The van der Waals surface area contributed by atoms with Gasteiger partial charge >= 0.3 is 0 Å². The molecule has 0 saturated heterocycles. The molecule has 8 atom stereocenters. The van der Waals surface area contributed by atoms with Crippen molar-refractivity contribution < 1.29 is 0 Å². The highest BCUT2D eigenvalue weighted by Gasteiger charge is 2.98. The standard InChI is InChI=1S/C11H7Cl6I/c12-3-1-2-4(5(3)18)10(16)7(14)6(13)9(2)8(15)11(9,10)17/h2-5,8H,1H2. The Morgan fingerprint density at radius 2 is 1.72 bits per heavy atom. The summed E-state index contributed by atoms with van der Waals surface area (Å²) in [5.41, 5.74) is -0.450. The predicted molar refractivity (Wildman–Crippen MR) is 87.0 cm³/mol. The van der Waals surface area contributed by atoms with Gasteiger partial charge in [-0.2, -0.15) is 0 Å². The Balaban J connectivity index is 1.98. The molecule has 4 rings (SSSR count). The van der Waals surface area contributed by atoms with Crippen LogP contribution in [0.3, 0.4) is 0 Å². The molecule has 0 aliphatic heterocycles. The van der Waals surface area contributed by atoms with Crippen molar-refractivity contribution >= 4 is 92.2 Å². The Kier molecular flexibility index (Phi) is 2.75. The highest BCUT2D eigenvalue weighted by molar-refractivity contribution is 14.1. The van der Waals surface area contributed by atoms with Crippen molar-refractivity contribution in [3.05, 3.63) is 10.1 Å². The van der Waals surface area contributed by atoms with E-state index in [-0.39, 0.29) is 26.5 Å². The van der Waals surface area contributed by atoms with E-state index in [9.17, 15) is 0 Å². The zero-order chi connectivity index (χ0) is 13.2. The summed E-state index contributed by atoms with van der Waals surface area (Å²) < 4.78 is 0.245. The van der Waals surface area contributed by atoms with E-state index in [0.29, 0.717) is 10.1 Å². The summed E-state index contributed by atoms with van der Waals surface area (Å²) in [5, 5.41) is 0.899. The SMILES string of the molecule is ClC1=C(Cl)C23C4CC(Cl)C(I)C4C1(Cl)C2(Cl)C3Cl. The number of fused-ring (bicyclic) bond motifs is 2. The molecule has 0 spiro atoms. The van der Waals surface area contributed by atoms with Gasteiger partial charge < -0.3 is 0 Å². The minimum atomic E-state index is -0.847. The van der Waals surface area contributed by atoms with Gasteiger partial charge in [-0.15, -0.1) is 46.4 Å². The fourth-order valence-electron chi connectivity index (χ4n) is 4.61. The Morgan fingerprint density at radius 3 is 2.33 bits per heavy atom. The lowest BCUT2D eigenvalue weighted by atomic mass is 9.77. The zero-order valence-electron chi connectivity index (χ0n) is 8.74. The third kappa shape index (κ3) is 0.979. The summed E-state index contributed by atoms with van der Waals surface area (Å²) in [5.74, 6) is 0.402. The molecular formula is C11H7Cl6I. The van der Waals surface area contributed by atoms with E-state index in [4.69, 9.17) is 69.6 Å². The minimum absolute atomic E-state index is 0.0771. The molecule has 0 aromatic heterocycles. The van der Waals surface area contributed by atoms with Crippen molar-refractivity contribution in [2.75, 3.05) is 0 Å². The maximum atomic E-state index is 6.87. The Labute approximate surface area is 149 Å². The van der Waals surface area contributed by atoms with E-state index in [1.165, 1.54) is 0 Å². The summed E-state index contributed by atoms with van der Waals surface area (Å²) in [6.45, 7) is 0. The highest BCUT2D eigenvalue weighted by atomic mass is 127. The van der Waals surface area contributed by atoms with E-state index in [0.717, 1.165) is 6.42 Å². The maximum Gasteiger partial charge on any atom is 0.107 e. The van der Waals surface area contributed by atoms with Crippen LogP contribution in [0.4, 0.5) is 0 Å². The largest absolute Gasteiger partial charge is 0.122 e. The summed E-state index contributed by atoms with van der Waals surface area (Å²) in [6.07, 6.45) is 0.854. The van der Waals surface area contributed by atoms with Crippen LogP contribution in [0.2, 0.25) is 0 Å². The second kappa shape index (κ2) is 3.58. The Hall–Kier alpha value is 2.21. The van der Waals surface area contributed by atoms with Crippen molar-refractivity contribution in [2.45, 2.75) is 30.8 Å². The van der Waals surface area contributed by atoms with Crippen LogP contribution in [0.15, 0.2) is 10.1 Å². The molecule has 0 aromatic carbocycles. The topological polar surface area (TPSA) is 0 Å². The molecule has 7 heteroatoms. The quantitative estimate of drug-likeness (QED) is 0.327. The number of allylic oxidation sites excluding steroid dienone is 2. The second-order valence-electron chi connectivity index (χ2n) is 5.61. The van der Waals surface area contributed by atoms with Gasteiger partial charge in [0, 0.05) is 20.3 Å². The van der Waals surface area contributed by atoms with Crippen LogP contribution >= 0.6 is 92.2 Å². The first-order valence-electron chi connectivity index (χ1n) is 5.63. The first kappa shape index (κ1) is 13.8. The smallest absolute Gasteiger partial charge is 0.107 e. The summed E-state index contributed by atoms with van der Waals surface area (Å²) in [6, 6.07) is 0. The molecule has 100 valence electrons. The first-order chi connectivity index (χ1) is 8.27. The number of rotatable bonds is 0. The normalized spacial score (nSPS) is 68.5. The number of halogens is 7. The molecule has 18 heavy (non-hydrogen) atoms. The van der Waals surface area contributed by atoms with Gasteiger partial charge in [0.05, 0.1) is 20.7 Å². The van der Waals surface area contributed by atoms with Crippen molar-refractivity contribution in [2.24, 2.45) is 17.3 Å². The van der Waals surface area contributed by atoms with Gasteiger partial charge in [0.1, 0.15) is 4.87 Å². The van der Waals surface area contributed by atoms with Crippen LogP contribution in [0.1, 0.15) is 6.42 Å². The number of hydrogen-bond acceptors (Lipinski definition) is 0. The van der Waals surface area contributed by atoms with Gasteiger partial charge in [-0.25, -0.2) is 0 Å². The van der Waals surface area contributed by atoms with Crippen molar-refractivity contribution in [3.63, 3.8) is 0 Å². The molecule has 4 aliphatic carbocycles. The molecule has 0 N–H and O–H groups in total. The van der Waals surface area contributed by atoms with E-state index < -0.39 is 15.2 Å². The molecule has 0 heterocycles. The molecule has 2 bridgehead atoms. The van der Waals surface area contributed by atoms with Gasteiger partial charge in [-0.1, -0.05) is 45.8 Å². The zero-order valence-corrected chi connectivity index (χ0v) is 15.4. The van der Waals surface area contributed by atoms with Gasteiger partial charge in [-0.3, -0.25) is 0 Å². The molecule has 0 nitrogen and oxygen atoms in total. The predicted octanol–water partition coefficient (Wildman–Crippen LogP) is 5.31.